The number of halogens is 1. The molecule has 0 spiro atoms. The molecule has 3 heterocycles. The predicted octanol–water partition coefficient (Wildman–Crippen LogP) is 4.59. The lowest BCUT2D eigenvalue weighted by Crippen LogP contribution is -2.55. The Bertz CT molecular complexity index is 1440. The molecule has 2 atom stereocenters. The van der Waals surface area contributed by atoms with Crippen LogP contribution in [0, 0.1) is 5.82 Å². The Kier molecular flexibility index (Phi) is 5.48. The largest absolute Gasteiger partial charge is 0.368 e. The molecule has 4 aromatic rings. The number of aromatic amines is 1. The average molecular weight is 483 g/mol. The first-order chi connectivity index (χ1) is 17.5. The van der Waals surface area contributed by atoms with Gasteiger partial charge in [0, 0.05) is 60.1 Å². The summed E-state index contributed by atoms with van der Waals surface area (Å²) in [5.41, 5.74) is 4.51. The van der Waals surface area contributed by atoms with Gasteiger partial charge >= 0.3 is 0 Å². The Labute approximate surface area is 208 Å². The number of carbonyl (C=O) groups excluding carboxylic acids is 2. The second-order valence-corrected chi connectivity index (χ2v) is 9.46. The number of para-hydroxylation sites is 1. The number of hydrogen-bond donors (Lipinski definition) is 1. The van der Waals surface area contributed by atoms with Gasteiger partial charge in [-0.25, -0.2) is 4.39 Å². The molecule has 2 aliphatic rings. The lowest BCUT2D eigenvalue weighted by Gasteiger charge is -2.39. The first-order valence-electron chi connectivity index (χ1n) is 12.3. The van der Waals surface area contributed by atoms with Crippen molar-refractivity contribution in [2.24, 2.45) is 0 Å². The minimum Gasteiger partial charge on any atom is -0.368 e. The third-order valence-electron chi connectivity index (χ3n) is 7.47. The molecule has 0 bridgehead atoms. The maximum Gasteiger partial charge on any atom is 0.255 e. The van der Waals surface area contributed by atoms with E-state index in [4.69, 9.17) is 0 Å². The van der Waals surface area contributed by atoms with E-state index >= 15 is 0 Å². The number of benzene rings is 3. The van der Waals surface area contributed by atoms with Crippen LogP contribution in [-0.2, 0) is 4.79 Å². The molecule has 3 aromatic carbocycles. The van der Waals surface area contributed by atoms with Crippen molar-refractivity contribution in [2.75, 3.05) is 31.1 Å². The van der Waals surface area contributed by atoms with Crippen molar-refractivity contribution in [1.82, 2.24) is 14.8 Å². The van der Waals surface area contributed by atoms with Crippen molar-refractivity contribution >= 4 is 28.4 Å². The summed E-state index contributed by atoms with van der Waals surface area (Å²) in [6, 6.07) is 21.1. The maximum atomic E-state index is 13.7. The first-order valence-corrected chi connectivity index (χ1v) is 12.3. The van der Waals surface area contributed by atoms with Gasteiger partial charge in [-0.3, -0.25) is 9.59 Å². The molecular formula is C29H27FN4O2. The highest BCUT2D eigenvalue weighted by molar-refractivity contribution is 6.03. The zero-order valence-corrected chi connectivity index (χ0v) is 20.0. The second-order valence-electron chi connectivity index (χ2n) is 9.46. The zero-order valence-electron chi connectivity index (χ0n) is 20.0. The number of fused-ring (bicyclic) bond motifs is 2. The Hall–Kier alpha value is -4.13. The highest BCUT2D eigenvalue weighted by Gasteiger charge is 2.44. The lowest BCUT2D eigenvalue weighted by molar-refractivity contribution is -0.136. The Morgan fingerprint density at radius 3 is 2.39 bits per heavy atom. The van der Waals surface area contributed by atoms with Gasteiger partial charge in [0.25, 0.3) is 5.91 Å². The van der Waals surface area contributed by atoms with Gasteiger partial charge in [-0.05, 0) is 48.9 Å². The van der Waals surface area contributed by atoms with Crippen molar-refractivity contribution in [3.63, 3.8) is 0 Å². The third kappa shape index (κ3) is 3.63. The Balaban J connectivity index is 1.27. The van der Waals surface area contributed by atoms with E-state index < -0.39 is 6.04 Å². The molecule has 0 saturated carbocycles. The molecule has 1 aromatic heterocycles. The van der Waals surface area contributed by atoms with Crippen LogP contribution in [0.15, 0.2) is 79.0 Å². The van der Waals surface area contributed by atoms with Gasteiger partial charge < -0.3 is 19.7 Å². The summed E-state index contributed by atoms with van der Waals surface area (Å²) in [4.78, 5) is 36.4. The summed E-state index contributed by atoms with van der Waals surface area (Å²) in [6.07, 6.45) is 1.95. The van der Waals surface area contributed by atoms with Crippen LogP contribution < -0.4 is 4.90 Å². The molecule has 2 amide bonds. The summed E-state index contributed by atoms with van der Waals surface area (Å²) in [7, 11) is 0. The molecule has 0 radical (unpaired) electrons. The van der Waals surface area contributed by atoms with Crippen molar-refractivity contribution in [3.05, 3.63) is 102 Å². The van der Waals surface area contributed by atoms with E-state index in [1.165, 1.54) is 12.1 Å². The molecular weight excluding hydrogens is 455 g/mol. The number of anilines is 1. The quantitative estimate of drug-likeness (QED) is 0.463. The summed E-state index contributed by atoms with van der Waals surface area (Å²) in [5.74, 6) is -0.436. The molecule has 36 heavy (non-hydrogen) atoms. The van der Waals surface area contributed by atoms with Crippen LogP contribution in [0.5, 0.6) is 0 Å². The first kappa shape index (κ1) is 22.3. The monoisotopic (exact) mass is 482 g/mol. The van der Waals surface area contributed by atoms with Crippen LogP contribution in [0.4, 0.5) is 10.1 Å². The zero-order chi connectivity index (χ0) is 24.8. The smallest absolute Gasteiger partial charge is 0.255 e. The van der Waals surface area contributed by atoms with Crippen LogP contribution in [0.25, 0.3) is 10.9 Å². The maximum absolute atomic E-state index is 13.7. The molecule has 182 valence electrons. The molecule has 0 aliphatic carbocycles. The summed E-state index contributed by atoms with van der Waals surface area (Å²) in [5, 5.41) is 1.05. The SMILES string of the molecule is C[C@H](C(=O)N1CCN(c2ccc(F)cc2)CC1)N1C(=O)c2ccccc2[C@@H]1c1c[nH]c2ccccc12. The molecule has 6 rings (SSSR count). The average Bonchev–Trinajstić information content (AvgIpc) is 3.47. The van der Waals surface area contributed by atoms with E-state index in [1.54, 1.807) is 17.0 Å². The van der Waals surface area contributed by atoms with Gasteiger partial charge in [0.2, 0.25) is 5.91 Å². The normalized spacial score (nSPS) is 18.6. The fourth-order valence-electron chi connectivity index (χ4n) is 5.59. The lowest BCUT2D eigenvalue weighted by atomic mass is 9.97. The number of H-pyrrole nitrogens is 1. The molecule has 7 heteroatoms. The van der Waals surface area contributed by atoms with E-state index in [0.717, 1.165) is 27.7 Å². The van der Waals surface area contributed by atoms with Gasteiger partial charge in [0.05, 0.1) is 6.04 Å². The fraction of sp³-hybridized carbons (Fsp3) is 0.241. The van der Waals surface area contributed by atoms with E-state index in [1.807, 2.05) is 66.6 Å². The van der Waals surface area contributed by atoms with Crippen LogP contribution in [0.2, 0.25) is 0 Å². The summed E-state index contributed by atoms with van der Waals surface area (Å²) < 4.78 is 13.3. The molecule has 1 N–H and O–H groups in total. The number of amides is 2. The fourth-order valence-corrected chi connectivity index (χ4v) is 5.59. The topological polar surface area (TPSA) is 59.7 Å². The van der Waals surface area contributed by atoms with Gasteiger partial charge in [-0.15, -0.1) is 0 Å². The molecule has 2 aliphatic heterocycles. The van der Waals surface area contributed by atoms with E-state index in [0.29, 0.717) is 31.7 Å². The second kappa shape index (κ2) is 8.82. The number of carbonyl (C=O) groups is 2. The highest BCUT2D eigenvalue weighted by Crippen LogP contribution is 2.42. The molecule has 1 saturated heterocycles. The van der Waals surface area contributed by atoms with Gasteiger partial charge in [-0.2, -0.15) is 0 Å². The van der Waals surface area contributed by atoms with E-state index in [9.17, 15) is 14.0 Å². The van der Waals surface area contributed by atoms with Gasteiger partial charge in [-0.1, -0.05) is 36.4 Å². The number of rotatable bonds is 4. The third-order valence-corrected chi connectivity index (χ3v) is 7.47. The minimum atomic E-state index is -0.624. The van der Waals surface area contributed by atoms with Gasteiger partial charge in [0.15, 0.2) is 0 Å². The van der Waals surface area contributed by atoms with E-state index in [-0.39, 0.29) is 23.7 Å². The predicted molar refractivity (Wildman–Crippen MR) is 137 cm³/mol. The Morgan fingerprint density at radius 1 is 0.917 bits per heavy atom. The van der Waals surface area contributed by atoms with Crippen LogP contribution in [0.1, 0.15) is 34.5 Å². The van der Waals surface area contributed by atoms with Crippen molar-refractivity contribution < 1.29 is 14.0 Å². The minimum absolute atomic E-state index is 0.0558. The van der Waals surface area contributed by atoms with E-state index in [2.05, 4.69) is 9.88 Å². The summed E-state index contributed by atoms with van der Waals surface area (Å²) >= 11 is 0. The van der Waals surface area contributed by atoms with Gasteiger partial charge in [0.1, 0.15) is 11.9 Å². The number of aromatic nitrogens is 1. The van der Waals surface area contributed by atoms with Crippen molar-refractivity contribution in [2.45, 2.75) is 19.0 Å². The number of hydrogen-bond acceptors (Lipinski definition) is 3. The molecule has 0 unspecified atom stereocenters. The number of piperazine rings is 1. The standard InChI is InChI=1S/C29H27FN4O2/c1-19(28(35)33-16-14-32(15-17-33)21-12-10-20(30)11-13-21)34-27(23-7-2-3-8-24(23)29(34)36)25-18-31-26-9-5-4-6-22(25)26/h2-13,18-19,27,31H,14-17H2,1H3/t19-,27-/m1/s1. The molecule has 1 fully saturated rings. The number of nitrogens with zero attached hydrogens (tertiary/aromatic N) is 3. The van der Waals surface area contributed by atoms with Crippen LogP contribution >= 0.6 is 0 Å². The van der Waals surface area contributed by atoms with Crippen molar-refractivity contribution in [1.29, 1.82) is 0 Å². The Morgan fingerprint density at radius 2 is 1.61 bits per heavy atom. The highest BCUT2D eigenvalue weighted by atomic mass is 19.1. The van der Waals surface area contributed by atoms with Crippen molar-refractivity contribution in [3.8, 4) is 0 Å². The molecule has 6 nitrogen and oxygen atoms in total. The van der Waals surface area contributed by atoms with Crippen LogP contribution in [0.3, 0.4) is 0 Å². The van der Waals surface area contributed by atoms with Crippen LogP contribution in [-0.4, -0.2) is 58.8 Å². The summed E-state index contributed by atoms with van der Waals surface area (Å²) in [6.45, 7) is 4.25. The number of nitrogens with one attached hydrogen (secondary N) is 1.